The number of aliphatic hydroxyl groups excluding tert-OH is 1. The van der Waals surface area contributed by atoms with Crippen molar-refractivity contribution in [3.05, 3.63) is 65.9 Å². The number of phenols is 1. The summed E-state index contributed by atoms with van der Waals surface area (Å²) >= 11 is 0. The molecule has 2 aromatic carbocycles. The lowest BCUT2D eigenvalue weighted by atomic mass is 10.0. The number of amides is 3. The van der Waals surface area contributed by atoms with Gasteiger partial charge in [-0.25, -0.2) is 4.79 Å². The number of carboxylic acids is 1. The summed E-state index contributed by atoms with van der Waals surface area (Å²) in [6.07, 6.45) is 1.87. The molecule has 0 radical (unpaired) electrons. The molecule has 1 aromatic heterocycles. The van der Waals surface area contributed by atoms with Gasteiger partial charge in [0.15, 0.2) is 0 Å². The van der Waals surface area contributed by atoms with Gasteiger partial charge in [-0.3, -0.25) is 14.4 Å². The number of aromatic hydroxyl groups is 1. The van der Waals surface area contributed by atoms with Crippen molar-refractivity contribution < 1.29 is 34.5 Å². The number of fused-ring (bicyclic) bond motifs is 1. The van der Waals surface area contributed by atoms with Crippen molar-refractivity contribution in [2.45, 2.75) is 62.9 Å². The van der Waals surface area contributed by atoms with Crippen molar-refractivity contribution in [1.29, 1.82) is 0 Å². The number of H-pyrrole nitrogens is 1. The lowest BCUT2D eigenvalue weighted by Gasteiger charge is -2.26. The second-order valence-corrected chi connectivity index (χ2v) is 10.3. The summed E-state index contributed by atoms with van der Waals surface area (Å²) in [5, 5.41) is 41.2. The third kappa shape index (κ3) is 7.62. The van der Waals surface area contributed by atoms with Crippen molar-refractivity contribution in [3.8, 4) is 5.75 Å². The van der Waals surface area contributed by atoms with Crippen molar-refractivity contribution >= 4 is 34.6 Å². The van der Waals surface area contributed by atoms with Gasteiger partial charge in [-0.1, -0.05) is 30.3 Å². The van der Waals surface area contributed by atoms with Crippen LogP contribution in [0.25, 0.3) is 10.9 Å². The van der Waals surface area contributed by atoms with Gasteiger partial charge in [0.2, 0.25) is 17.7 Å². The fraction of sp³-hybridized carbons (Fsp3) is 0.379. The molecule has 4 rings (SSSR count). The van der Waals surface area contributed by atoms with Crippen LogP contribution in [0.4, 0.5) is 0 Å². The van der Waals surface area contributed by atoms with Crippen LogP contribution in [-0.4, -0.2) is 80.8 Å². The number of aliphatic carboxylic acids is 1. The van der Waals surface area contributed by atoms with Crippen molar-refractivity contribution in [2.75, 3.05) is 6.54 Å². The minimum Gasteiger partial charge on any atom is -0.508 e. The highest BCUT2D eigenvalue weighted by Gasteiger charge is 2.34. The minimum atomic E-state index is -1.49. The zero-order valence-electron chi connectivity index (χ0n) is 22.6. The van der Waals surface area contributed by atoms with E-state index in [0.717, 1.165) is 22.9 Å². The van der Waals surface area contributed by atoms with Gasteiger partial charge < -0.3 is 41.6 Å². The summed E-state index contributed by atoms with van der Waals surface area (Å²) in [4.78, 5) is 54.6. The highest BCUT2D eigenvalue weighted by atomic mass is 16.4. The number of aromatic nitrogens is 1. The Kier molecular flexibility index (Phi) is 9.58. The van der Waals surface area contributed by atoms with Gasteiger partial charge >= 0.3 is 5.97 Å². The maximum Gasteiger partial charge on any atom is 0.326 e. The van der Waals surface area contributed by atoms with E-state index in [-0.39, 0.29) is 24.5 Å². The normalized spacial score (nSPS) is 17.8. The first-order valence-electron chi connectivity index (χ1n) is 13.5. The van der Waals surface area contributed by atoms with Crippen LogP contribution in [0.3, 0.4) is 0 Å². The molecule has 8 N–H and O–H groups in total. The predicted octanol–water partition coefficient (Wildman–Crippen LogP) is 0.331. The second-order valence-electron chi connectivity index (χ2n) is 10.3. The number of nitrogens with one attached hydrogen (secondary N) is 5. The fourth-order valence-electron chi connectivity index (χ4n) is 4.90. The van der Waals surface area contributed by atoms with E-state index in [2.05, 4.69) is 26.3 Å². The molecule has 12 nitrogen and oxygen atoms in total. The quantitative estimate of drug-likeness (QED) is 0.154. The van der Waals surface area contributed by atoms with E-state index >= 15 is 0 Å². The van der Waals surface area contributed by atoms with Crippen LogP contribution in [-0.2, 0) is 32.0 Å². The molecule has 218 valence electrons. The highest BCUT2D eigenvalue weighted by molar-refractivity contribution is 5.95. The van der Waals surface area contributed by atoms with Gasteiger partial charge in [0.25, 0.3) is 0 Å². The average Bonchev–Trinajstić information content (AvgIpc) is 3.62. The molecular formula is C29H35N5O7. The Morgan fingerprint density at radius 1 is 0.951 bits per heavy atom. The van der Waals surface area contributed by atoms with Gasteiger partial charge in [0.1, 0.15) is 23.9 Å². The van der Waals surface area contributed by atoms with Gasteiger partial charge in [-0.2, -0.15) is 0 Å². The number of hydrogen-bond donors (Lipinski definition) is 8. The SMILES string of the molecule is CC(O)C(NC(=O)C(Cc1c[nH]c2ccccc12)NC(=O)C1CCCN1)C(=O)NC(Cc1ccc(O)cc1)C(=O)O. The number of carbonyl (C=O) groups excluding carboxylic acids is 3. The monoisotopic (exact) mass is 565 g/mol. The summed E-state index contributed by atoms with van der Waals surface area (Å²) in [6.45, 7) is 1.99. The lowest BCUT2D eigenvalue weighted by molar-refractivity contribution is -0.143. The Morgan fingerprint density at radius 3 is 2.34 bits per heavy atom. The number of carbonyl (C=O) groups is 4. The van der Waals surface area contributed by atoms with Crippen LogP contribution in [0.5, 0.6) is 5.75 Å². The first kappa shape index (κ1) is 29.6. The van der Waals surface area contributed by atoms with E-state index in [4.69, 9.17) is 0 Å². The highest BCUT2D eigenvalue weighted by Crippen LogP contribution is 2.20. The molecule has 5 atom stereocenters. The topological polar surface area (TPSA) is 193 Å². The van der Waals surface area contributed by atoms with Gasteiger partial charge in [-0.05, 0) is 55.6 Å². The van der Waals surface area contributed by atoms with E-state index in [9.17, 15) is 34.5 Å². The van der Waals surface area contributed by atoms with Crippen LogP contribution in [0.1, 0.15) is 30.9 Å². The van der Waals surface area contributed by atoms with E-state index in [1.165, 1.54) is 31.2 Å². The van der Waals surface area contributed by atoms with Crippen LogP contribution in [0, 0.1) is 0 Å². The average molecular weight is 566 g/mol. The van der Waals surface area contributed by atoms with Crippen molar-refractivity contribution in [1.82, 2.24) is 26.3 Å². The molecule has 2 heterocycles. The molecule has 12 heteroatoms. The number of phenolic OH excluding ortho intramolecular Hbond substituents is 1. The molecule has 0 bridgehead atoms. The molecule has 1 saturated heterocycles. The number of carboxylic acid groups (broad SMARTS) is 1. The number of aromatic amines is 1. The van der Waals surface area contributed by atoms with E-state index in [1.807, 2.05) is 24.3 Å². The Morgan fingerprint density at radius 2 is 1.68 bits per heavy atom. The maximum absolute atomic E-state index is 13.5. The molecule has 5 unspecified atom stereocenters. The standard InChI is InChI=1S/C29H35N5O7/c1-16(35)25(28(39)33-24(29(40)41)13-17-8-10-19(36)11-9-17)34-27(38)23(32-26(37)22-7-4-12-30-22)14-18-15-31-21-6-3-2-5-20(18)21/h2-3,5-6,8-11,15-16,22-25,30-31,35-36H,4,7,12-14H2,1H3,(H,32,37)(H,33,39)(H,34,38)(H,40,41). The summed E-state index contributed by atoms with van der Waals surface area (Å²) in [6, 6.07) is 9.00. The molecule has 0 spiro atoms. The third-order valence-corrected chi connectivity index (χ3v) is 7.16. The number of benzene rings is 2. The smallest absolute Gasteiger partial charge is 0.326 e. The van der Waals surface area contributed by atoms with Crippen molar-refractivity contribution in [2.24, 2.45) is 0 Å². The molecule has 41 heavy (non-hydrogen) atoms. The van der Waals surface area contributed by atoms with Gasteiger partial charge in [-0.15, -0.1) is 0 Å². The summed E-state index contributed by atoms with van der Waals surface area (Å²) < 4.78 is 0. The number of aliphatic hydroxyl groups is 1. The number of para-hydroxylation sites is 1. The van der Waals surface area contributed by atoms with Gasteiger partial charge in [0.05, 0.1) is 12.1 Å². The van der Waals surface area contributed by atoms with Crippen LogP contribution < -0.4 is 21.3 Å². The summed E-state index contributed by atoms with van der Waals surface area (Å²) in [5.74, 6) is -3.24. The molecule has 1 fully saturated rings. The molecule has 3 amide bonds. The molecule has 1 aliphatic rings. The van der Waals surface area contributed by atoms with Crippen LogP contribution in [0.2, 0.25) is 0 Å². The van der Waals surface area contributed by atoms with Crippen LogP contribution in [0.15, 0.2) is 54.7 Å². The molecular weight excluding hydrogens is 530 g/mol. The van der Waals surface area contributed by atoms with E-state index in [1.54, 1.807) is 6.20 Å². The second kappa shape index (κ2) is 13.3. The van der Waals surface area contributed by atoms with E-state index < -0.39 is 48.1 Å². The lowest BCUT2D eigenvalue weighted by Crippen LogP contribution is -2.60. The summed E-state index contributed by atoms with van der Waals surface area (Å²) in [5.41, 5.74) is 2.19. The zero-order valence-corrected chi connectivity index (χ0v) is 22.6. The van der Waals surface area contributed by atoms with Crippen molar-refractivity contribution in [3.63, 3.8) is 0 Å². The first-order valence-corrected chi connectivity index (χ1v) is 13.5. The predicted molar refractivity (Wildman–Crippen MR) is 150 cm³/mol. The van der Waals surface area contributed by atoms with Crippen LogP contribution >= 0.6 is 0 Å². The minimum absolute atomic E-state index is 0.0135. The molecule has 0 aliphatic carbocycles. The Hall–Kier alpha value is -4.42. The van der Waals surface area contributed by atoms with E-state index in [0.29, 0.717) is 18.5 Å². The molecule has 3 aromatic rings. The largest absolute Gasteiger partial charge is 0.508 e. The number of rotatable bonds is 12. The first-order chi connectivity index (χ1) is 19.6. The summed E-state index contributed by atoms with van der Waals surface area (Å²) in [7, 11) is 0. The Bertz CT molecular complexity index is 1380. The molecule has 1 aliphatic heterocycles. The number of hydrogen-bond acceptors (Lipinski definition) is 7. The Balaban J connectivity index is 1.50. The fourth-order valence-corrected chi connectivity index (χ4v) is 4.90. The molecule has 0 saturated carbocycles. The Labute approximate surface area is 236 Å². The third-order valence-electron chi connectivity index (χ3n) is 7.16. The zero-order chi connectivity index (χ0) is 29.5. The van der Waals surface area contributed by atoms with Gasteiger partial charge in [0, 0.05) is 29.9 Å². The maximum atomic E-state index is 13.5.